The maximum atomic E-state index is 12.5. The number of ether oxygens (including phenoxy) is 2. The molecule has 2 rings (SSSR count). The number of aromatic carboxylic acids is 1. The lowest BCUT2D eigenvalue weighted by molar-refractivity contribution is -0.168. The highest BCUT2D eigenvalue weighted by Crippen LogP contribution is 2.22. The van der Waals surface area contributed by atoms with Gasteiger partial charge in [-0.1, -0.05) is 12.1 Å². The Hall–Kier alpha value is -1.92. The highest BCUT2D eigenvalue weighted by atomic mass is 16.5. The van der Waals surface area contributed by atoms with Crippen LogP contribution in [0.1, 0.15) is 36.2 Å². The fourth-order valence-corrected chi connectivity index (χ4v) is 2.98. The molecule has 0 bridgehead atoms. The zero-order valence-electron chi connectivity index (χ0n) is 14.4. The molecular weight excluding hydrogens is 310 g/mol. The average Bonchev–Trinajstić information content (AvgIpc) is 2.51. The number of benzene rings is 1. The molecule has 1 aliphatic heterocycles. The van der Waals surface area contributed by atoms with E-state index < -0.39 is 5.97 Å². The lowest BCUT2D eigenvalue weighted by atomic mass is 10.0. The summed E-state index contributed by atoms with van der Waals surface area (Å²) in [4.78, 5) is 25.2. The molecule has 1 aliphatic rings. The van der Waals surface area contributed by atoms with Crippen LogP contribution in [0.15, 0.2) is 24.3 Å². The minimum Gasteiger partial charge on any atom is -0.478 e. The molecule has 1 unspecified atom stereocenters. The van der Waals surface area contributed by atoms with Crippen LogP contribution in [0.4, 0.5) is 0 Å². The smallest absolute Gasteiger partial charge is 0.335 e. The van der Waals surface area contributed by atoms with Gasteiger partial charge >= 0.3 is 5.97 Å². The first kappa shape index (κ1) is 18.4. The Bertz CT molecular complexity index is 582. The maximum Gasteiger partial charge on any atom is 0.335 e. The number of carbonyl (C=O) groups excluding carboxylic acids is 1. The molecule has 1 heterocycles. The Morgan fingerprint density at radius 1 is 1.33 bits per heavy atom. The van der Waals surface area contributed by atoms with Gasteiger partial charge in [0, 0.05) is 26.6 Å². The van der Waals surface area contributed by atoms with E-state index in [1.54, 1.807) is 31.4 Å². The minimum absolute atomic E-state index is 0.0785. The molecule has 0 saturated carbocycles. The summed E-state index contributed by atoms with van der Waals surface area (Å²) in [6.45, 7) is 5.50. The van der Waals surface area contributed by atoms with Crippen molar-refractivity contribution in [3.05, 3.63) is 35.4 Å². The molecule has 6 heteroatoms. The van der Waals surface area contributed by atoms with E-state index in [1.807, 2.05) is 18.7 Å². The van der Waals surface area contributed by atoms with E-state index >= 15 is 0 Å². The van der Waals surface area contributed by atoms with Crippen LogP contribution < -0.4 is 0 Å². The number of aryl methyl sites for hydroxylation is 1. The van der Waals surface area contributed by atoms with Gasteiger partial charge in [0.25, 0.3) is 0 Å². The monoisotopic (exact) mass is 335 g/mol. The Balaban J connectivity index is 1.92. The molecule has 0 aliphatic carbocycles. The third kappa shape index (κ3) is 5.04. The summed E-state index contributed by atoms with van der Waals surface area (Å²) >= 11 is 0. The maximum absolute atomic E-state index is 12.5. The summed E-state index contributed by atoms with van der Waals surface area (Å²) in [5, 5.41) is 8.90. The number of rotatable bonds is 6. The summed E-state index contributed by atoms with van der Waals surface area (Å²) in [5.41, 5.74) is 0.817. The Morgan fingerprint density at radius 2 is 2.00 bits per heavy atom. The first-order valence-electron chi connectivity index (χ1n) is 8.07. The highest BCUT2D eigenvalue weighted by molar-refractivity contribution is 5.87. The van der Waals surface area contributed by atoms with Crippen molar-refractivity contribution in [3.63, 3.8) is 0 Å². The Labute approximate surface area is 142 Å². The zero-order chi connectivity index (χ0) is 17.7. The number of morpholine rings is 1. The van der Waals surface area contributed by atoms with Gasteiger partial charge in [0.15, 0.2) is 0 Å². The topological polar surface area (TPSA) is 76.1 Å². The van der Waals surface area contributed by atoms with Crippen LogP contribution in [0.5, 0.6) is 0 Å². The molecule has 1 fully saturated rings. The molecule has 1 aromatic rings. The van der Waals surface area contributed by atoms with E-state index in [1.165, 1.54) is 0 Å². The molecule has 1 amide bonds. The summed E-state index contributed by atoms with van der Waals surface area (Å²) < 4.78 is 11.1. The summed E-state index contributed by atoms with van der Waals surface area (Å²) in [5.74, 6) is -0.868. The highest BCUT2D eigenvalue weighted by Gasteiger charge is 2.35. The van der Waals surface area contributed by atoms with Crippen molar-refractivity contribution >= 4 is 11.9 Å². The van der Waals surface area contributed by atoms with Crippen molar-refractivity contribution in [1.29, 1.82) is 0 Å². The van der Waals surface area contributed by atoms with Crippen LogP contribution in [0.2, 0.25) is 0 Å². The van der Waals surface area contributed by atoms with Crippen LogP contribution >= 0.6 is 0 Å². The second-order valence-electron chi connectivity index (χ2n) is 6.73. The molecule has 6 nitrogen and oxygen atoms in total. The van der Waals surface area contributed by atoms with Gasteiger partial charge in [-0.3, -0.25) is 4.79 Å². The van der Waals surface area contributed by atoms with E-state index in [0.29, 0.717) is 32.5 Å². The first-order valence-corrected chi connectivity index (χ1v) is 8.07. The van der Waals surface area contributed by atoms with Gasteiger partial charge in [-0.15, -0.1) is 0 Å². The van der Waals surface area contributed by atoms with E-state index in [2.05, 4.69) is 0 Å². The fraction of sp³-hybridized carbons (Fsp3) is 0.556. The van der Waals surface area contributed by atoms with Crippen molar-refractivity contribution < 1.29 is 24.2 Å². The van der Waals surface area contributed by atoms with Crippen molar-refractivity contribution in [1.82, 2.24) is 4.90 Å². The lowest BCUT2D eigenvalue weighted by Crippen LogP contribution is -2.55. The van der Waals surface area contributed by atoms with Crippen LogP contribution in [0, 0.1) is 0 Å². The molecule has 0 spiro atoms. The van der Waals surface area contributed by atoms with Gasteiger partial charge in [0.05, 0.1) is 23.9 Å². The van der Waals surface area contributed by atoms with Crippen LogP contribution in [-0.4, -0.2) is 60.4 Å². The van der Waals surface area contributed by atoms with Gasteiger partial charge in [0.2, 0.25) is 5.91 Å². The Morgan fingerprint density at radius 3 is 2.58 bits per heavy atom. The zero-order valence-corrected chi connectivity index (χ0v) is 14.4. The molecule has 132 valence electrons. The van der Waals surface area contributed by atoms with Crippen molar-refractivity contribution in [3.8, 4) is 0 Å². The standard InChI is InChI=1S/C18H25NO5/c1-18(2)12-19(10-15(24-18)11-23-3)16(20)9-6-13-4-7-14(8-5-13)17(21)22/h4-5,7-8,15H,6,9-12H2,1-3H3,(H,21,22). The summed E-state index contributed by atoms with van der Waals surface area (Å²) in [6.07, 6.45) is 0.866. The Kier molecular flexibility index (Phi) is 5.96. The second kappa shape index (κ2) is 7.77. The number of carboxylic acids is 1. The van der Waals surface area contributed by atoms with Crippen molar-refractivity contribution in [2.45, 2.75) is 38.4 Å². The fourth-order valence-electron chi connectivity index (χ4n) is 2.98. The van der Waals surface area contributed by atoms with Gasteiger partial charge in [0.1, 0.15) is 0 Å². The number of methoxy groups -OCH3 is 1. The SMILES string of the molecule is COCC1CN(C(=O)CCc2ccc(C(=O)O)cc2)CC(C)(C)O1. The molecule has 1 N–H and O–H groups in total. The molecule has 0 aromatic heterocycles. The predicted molar refractivity (Wildman–Crippen MR) is 89.1 cm³/mol. The van der Waals surface area contributed by atoms with E-state index in [0.717, 1.165) is 5.56 Å². The second-order valence-corrected chi connectivity index (χ2v) is 6.73. The largest absolute Gasteiger partial charge is 0.478 e. The van der Waals surface area contributed by atoms with Gasteiger partial charge < -0.3 is 19.5 Å². The van der Waals surface area contributed by atoms with Gasteiger partial charge in [-0.05, 0) is 38.0 Å². The average molecular weight is 335 g/mol. The lowest BCUT2D eigenvalue weighted by Gasteiger charge is -2.42. The van der Waals surface area contributed by atoms with Crippen molar-refractivity contribution in [2.75, 3.05) is 26.8 Å². The molecule has 0 radical (unpaired) electrons. The predicted octanol–water partition coefficient (Wildman–Crippen LogP) is 1.97. The quantitative estimate of drug-likeness (QED) is 0.860. The molecule has 1 aromatic carbocycles. The number of amides is 1. The van der Waals surface area contributed by atoms with Crippen LogP contribution in [0.3, 0.4) is 0 Å². The minimum atomic E-state index is -0.947. The summed E-state index contributed by atoms with van der Waals surface area (Å²) in [6, 6.07) is 6.64. The van der Waals surface area contributed by atoms with Crippen molar-refractivity contribution in [2.24, 2.45) is 0 Å². The number of carbonyl (C=O) groups is 2. The number of hydrogen-bond acceptors (Lipinski definition) is 4. The van der Waals surface area contributed by atoms with Gasteiger partial charge in [-0.2, -0.15) is 0 Å². The van der Waals surface area contributed by atoms with Gasteiger partial charge in [-0.25, -0.2) is 4.79 Å². The van der Waals surface area contributed by atoms with E-state index in [4.69, 9.17) is 14.6 Å². The number of nitrogens with zero attached hydrogens (tertiary/aromatic N) is 1. The van der Waals surface area contributed by atoms with Crippen LogP contribution in [0.25, 0.3) is 0 Å². The first-order chi connectivity index (χ1) is 11.3. The number of carboxylic acid groups (broad SMARTS) is 1. The third-order valence-electron chi connectivity index (χ3n) is 4.02. The molecule has 1 atom stereocenters. The number of hydrogen-bond donors (Lipinski definition) is 1. The van der Waals surface area contributed by atoms with E-state index in [9.17, 15) is 9.59 Å². The third-order valence-corrected chi connectivity index (χ3v) is 4.02. The normalized spacial score (nSPS) is 20.0. The van der Waals surface area contributed by atoms with E-state index in [-0.39, 0.29) is 23.2 Å². The molecule has 1 saturated heterocycles. The molecule has 24 heavy (non-hydrogen) atoms. The summed E-state index contributed by atoms with van der Waals surface area (Å²) in [7, 11) is 1.62. The molecular formula is C18H25NO5. The van der Waals surface area contributed by atoms with Crippen LogP contribution in [-0.2, 0) is 20.7 Å².